The predicted octanol–water partition coefficient (Wildman–Crippen LogP) is 1.50. The van der Waals surface area contributed by atoms with Crippen molar-refractivity contribution in [2.75, 3.05) is 26.2 Å². The van der Waals surface area contributed by atoms with Crippen molar-refractivity contribution in [2.24, 2.45) is 16.7 Å². The van der Waals surface area contributed by atoms with Crippen LogP contribution in [0, 0.1) is 28.1 Å². The number of urea groups is 1. The molecule has 1 N–H and O–H groups in total. The van der Waals surface area contributed by atoms with Crippen molar-refractivity contribution in [1.82, 2.24) is 34.3 Å². The average Bonchev–Trinajstić information content (AvgIpc) is 3.10. The van der Waals surface area contributed by atoms with Crippen molar-refractivity contribution in [2.45, 2.75) is 56.7 Å². The standard InChI is InChI=1S/C23H28N8O2/c24-7-17-8-26-30(10-17)9-16-3-21(4-16)11-28(12-21)20(32)29-13-22(14-29)5-18(6-22)31-15-25-19(27-31)23(33)1-2-23/h8,10,15-16,18,33H,1-6,9,11-14H2. The van der Waals surface area contributed by atoms with Crippen LogP contribution < -0.4 is 0 Å². The van der Waals surface area contributed by atoms with E-state index < -0.39 is 5.60 Å². The fraction of sp³-hybridized carbons (Fsp3) is 0.696. The number of carbonyl (C=O) groups is 1. The summed E-state index contributed by atoms with van der Waals surface area (Å²) >= 11 is 0. The van der Waals surface area contributed by atoms with Gasteiger partial charge in [0.15, 0.2) is 5.82 Å². The van der Waals surface area contributed by atoms with E-state index in [1.165, 1.54) is 0 Å². The average molecular weight is 449 g/mol. The minimum absolute atomic E-state index is 0.197. The fourth-order valence-electron chi connectivity index (χ4n) is 6.73. The molecule has 3 saturated carbocycles. The van der Waals surface area contributed by atoms with Crippen LogP contribution in [-0.2, 0) is 12.1 Å². The molecular weight excluding hydrogens is 420 g/mol. The lowest BCUT2D eigenvalue weighted by atomic mass is 9.57. The van der Waals surface area contributed by atoms with Crippen molar-refractivity contribution in [1.29, 1.82) is 5.26 Å². The molecule has 172 valence electrons. The Labute approximate surface area is 191 Å². The van der Waals surface area contributed by atoms with Crippen LogP contribution in [0.1, 0.15) is 56.0 Å². The summed E-state index contributed by atoms with van der Waals surface area (Å²) in [6, 6.07) is 2.65. The summed E-state index contributed by atoms with van der Waals surface area (Å²) in [6.45, 7) is 4.31. The molecule has 0 atom stereocenters. The van der Waals surface area contributed by atoms with E-state index in [1.54, 1.807) is 12.5 Å². The summed E-state index contributed by atoms with van der Waals surface area (Å²) in [5.74, 6) is 1.15. The van der Waals surface area contributed by atoms with E-state index in [1.807, 2.05) is 25.4 Å². The van der Waals surface area contributed by atoms with Crippen LogP contribution >= 0.6 is 0 Å². The summed E-state index contributed by atoms with van der Waals surface area (Å²) in [7, 11) is 0. The van der Waals surface area contributed by atoms with Gasteiger partial charge in [-0.1, -0.05) is 0 Å². The normalized spacial score (nSPS) is 26.3. The zero-order chi connectivity index (χ0) is 22.4. The lowest BCUT2D eigenvalue weighted by molar-refractivity contribution is -0.109. The topological polar surface area (TPSA) is 116 Å². The summed E-state index contributed by atoms with van der Waals surface area (Å²) < 4.78 is 3.79. The van der Waals surface area contributed by atoms with Gasteiger partial charge in [-0.3, -0.25) is 4.68 Å². The van der Waals surface area contributed by atoms with Crippen LogP contribution in [0.4, 0.5) is 4.79 Å². The maximum Gasteiger partial charge on any atom is 0.320 e. The number of hydrogen-bond acceptors (Lipinski definition) is 6. The Morgan fingerprint density at radius 3 is 2.39 bits per heavy atom. The highest BCUT2D eigenvalue weighted by Gasteiger charge is 2.58. The highest BCUT2D eigenvalue weighted by molar-refractivity contribution is 5.77. The second-order valence-corrected chi connectivity index (χ2v) is 11.5. The number of aromatic nitrogens is 5. The van der Waals surface area contributed by atoms with E-state index in [4.69, 9.17) is 5.26 Å². The van der Waals surface area contributed by atoms with Crippen molar-refractivity contribution in [3.63, 3.8) is 0 Å². The van der Waals surface area contributed by atoms with Crippen molar-refractivity contribution in [3.05, 3.63) is 30.1 Å². The summed E-state index contributed by atoms with van der Waals surface area (Å²) in [4.78, 5) is 21.2. The Morgan fingerprint density at radius 1 is 1.12 bits per heavy atom. The first-order valence-corrected chi connectivity index (χ1v) is 12.0. The summed E-state index contributed by atoms with van der Waals surface area (Å²) in [5.41, 5.74) is 0.393. The molecule has 2 spiro atoms. The Kier molecular flexibility index (Phi) is 3.76. The molecule has 7 rings (SSSR count). The molecule has 0 bridgehead atoms. The first kappa shape index (κ1) is 19.5. The smallest absolute Gasteiger partial charge is 0.320 e. The highest BCUT2D eigenvalue weighted by atomic mass is 16.3. The third-order valence-corrected chi connectivity index (χ3v) is 8.66. The Bertz CT molecular complexity index is 1150. The molecule has 10 heteroatoms. The number of likely N-dealkylation sites (tertiary alicyclic amines) is 2. The maximum absolute atomic E-state index is 12.9. The monoisotopic (exact) mass is 448 g/mol. The van der Waals surface area contributed by atoms with Gasteiger partial charge in [0.05, 0.1) is 17.8 Å². The number of amides is 2. The first-order chi connectivity index (χ1) is 15.9. The first-order valence-electron chi connectivity index (χ1n) is 12.0. The molecule has 5 aliphatic rings. The third-order valence-electron chi connectivity index (χ3n) is 8.66. The largest absolute Gasteiger partial charge is 0.382 e. The molecule has 2 aliphatic heterocycles. The number of carbonyl (C=O) groups excluding carboxylic acids is 1. The second-order valence-electron chi connectivity index (χ2n) is 11.5. The van der Waals surface area contributed by atoms with Gasteiger partial charge < -0.3 is 14.9 Å². The van der Waals surface area contributed by atoms with Gasteiger partial charge in [0.1, 0.15) is 18.0 Å². The van der Waals surface area contributed by atoms with Crippen molar-refractivity contribution < 1.29 is 9.90 Å². The summed E-state index contributed by atoms with van der Waals surface area (Å²) in [6.07, 6.45) is 11.0. The Morgan fingerprint density at radius 2 is 1.79 bits per heavy atom. The van der Waals surface area contributed by atoms with Crippen LogP contribution in [0.5, 0.6) is 0 Å². The number of nitrogens with zero attached hydrogens (tertiary/aromatic N) is 8. The lowest BCUT2D eigenvalue weighted by Gasteiger charge is -2.63. The van der Waals surface area contributed by atoms with Crippen molar-refractivity contribution in [3.8, 4) is 6.07 Å². The van der Waals surface area contributed by atoms with E-state index in [-0.39, 0.29) is 11.4 Å². The van der Waals surface area contributed by atoms with Gasteiger partial charge in [-0.25, -0.2) is 14.5 Å². The van der Waals surface area contributed by atoms with Gasteiger partial charge in [0, 0.05) is 49.8 Å². The molecule has 0 radical (unpaired) electrons. The van der Waals surface area contributed by atoms with Gasteiger partial charge in [-0.2, -0.15) is 15.5 Å². The van der Waals surface area contributed by atoms with E-state index in [2.05, 4.69) is 21.3 Å². The van der Waals surface area contributed by atoms with E-state index in [0.29, 0.717) is 28.8 Å². The molecule has 2 aromatic rings. The molecule has 10 nitrogen and oxygen atoms in total. The summed E-state index contributed by atoms with van der Waals surface area (Å²) in [5, 5.41) is 27.9. The predicted molar refractivity (Wildman–Crippen MR) is 114 cm³/mol. The third kappa shape index (κ3) is 3.01. The Balaban J connectivity index is 0.854. The quantitative estimate of drug-likeness (QED) is 0.758. The molecule has 5 fully saturated rings. The van der Waals surface area contributed by atoms with Gasteiger partial charge in [0.25, 0.3) is 0 Å². The second kappa shape index (κ2) is 6.35. The lowest BCUT2D eigenvalue weighted by Crippen LogP contribution is -2.71. The number of rotatable bonds is 4. The van der Waals surface area contributed by atoms with Crippen LogP contribution in [0.15, 0.2) is 18.7 Å². The van der Waals surface area contributed by atoms with Crippen LogP contribution in [0.3, 0.4) is 0 Å². The molecule has 3 aliphatic carbocycles. The maximum atomic E-state index is 12.9. The molecule has 0 aromatic carbocycles. The SMILES string of the molecule is N#Cc1cnn(CC2CC3(C2)CN(C(=O)N2CC4(CC(n5cnc(C6(O)CC6)n5)C4)C2)C3)c1. The molecule has 2 amide bonds. The van der Waals surface area contributed by atoms with Crippen LogP contribution in [-0.4, -0.2) is 71.7 Å². The highest BCUT2D eigenvalue weighted by Crippen LogP contribution is 2.56. The zero-order valence-corrected chi connectivity index (χ0v) is 18.6. The molecule has 2 aromatic heterocycles. The molecule has 2 saturated heterocycles. The minimum atomic E-state index is -0.776. The zero-order valence-electron chi connectivity index (χ0n) is 18.6. The van der Waals surface area contributed by atoms with E-state index >= 15 is 0 Å². The molecule has 4 heterocycles. The van der Waals surface area contributed by atoms with Crippen molar-refractivity contribution >= 4 is 6.03 Å². The Hall–Kier alpha value is -2.93. The number of hydrogen-bond donors (Lipinski definition) is 1. The van der Waals surface area contributed by atoms with Crippen LogP contribution in [0.25, 0.3) is 0 Å². The number of aliphatic hydroxyl groups is 1. The van der Waals surface area contributed by atoms with E-state index in [0.717, 1.165) is 71.2 Å². The molecular formula is C23H28N8O2. The van der Waals surface area contributed by atoms with E-state index in [9.17, 15) is 9.90 Å². The van der Waals surface area contributed by atoms with Gasteiger partial charge in [-0.15, -0.1) is 0 Å². The fourth-order valence-corrected chi connectivity index (χ4v) is 6.73. The number of nitriles is 1. The molecule has 0 unspecified atom stereocenters. The van der Waals surface area contributed by atoms with Gasteiger partial charge in [0.2, 0.25) is 0 Å². The molecule has 33 heavy (non-hydrogen) atoms. The van der Waals surface area contributed by atoms with Gasteiger partial charge >= 0.3 is 6.03 Å². The van der Waals surface area contributed by atoms with Gasteiger partial charge in [-0.05, 0) is 44.4 Å². The van der Waals surface area contributed by atoms with Crippen LogP contribution in [0.2, 0.25) is 0 Å². The minimum Gasteiger partial charge on any atom is -0.382 e.